The number of rotatable bonds is 5. The van der Waals surface area contributed by atoms with Crippen LogP contribution in [0.15, 0.2) is 18.2 Å². The van der Waals surface area contributed by atoms with Crippen LogP contribution in [0.5, 0.6) is 5.88 Å². The van der Waals surface area contributed by atoms with Crippen molar-refractivity contribution in [1.29, 1.82) is 0 Å². The molecular weight excluding hydrogens is 220 g/mol. The van der Waals surface area contributed by atoms with E-state index in [1.165, 1.54) is 6.07 Å². The highest BCUT2D eigenvalue weighted by Gasteiger charge is 2.21. The van der Waals surface area contributed by atoms with Gasteiger partial charge in [-0.3, -0.25) is 0 Å². The van der Waals surface area contributed by atoms with Crippen LogP contribution in [0, 0.1) is 0 Å². The number of carboxylic acid groups (broad SMARTS) is 1. The molecule has 1 heterocycles. The van der Waals surface area contributed by atoms with Gasteiger partial charge in [-0.1, -0.05) is 6.07 Å². The minimum absolute atomic E-state index is 0.00911. The van der Waals surface area contributed by atoms with Crippen LogP contribution in [0.25, 0.3) is 0 Å². The van der Waals surface area contributed by atoms with E-state index in [-0.39, 0.29) is 11.2 Å². The zero-order valence-electron chi connectivity index (χ0n) is 10.6. The van der Waals surface area contributed by atoms with Gasteiger partial charge in [-0.15, -0.1) is 0 Å². The van der Waals surface area contributed by atoms with Crippen LogP contribution in [0.4, 0.5) is 0 Å². The first kappa shape index (κ1) is 13.4. The van der Waals surface area contributed by atoms with Crippen LogP contribution < -0.4 is 4.74 Å². The van der Waals surface area contributed by atoms with Crippen molar-refractivity contribution in [2.45, 2.75) is 19.4 Å². The van der Waals surface area contributed by atoms with E-state index >= 15 is 0 Å². The lowest BCUT2D eigenvalue weighted by Gasteiger charge is -2.31. The molecule has 17 heavy (non-hydrogen) atoms. The molecule has 0 atom stereocenters. The Bertz CT molecular complexity index is 402. The van der Waals surface area contributed by atoms with E-state index in [9.17, 15) is 4.79 Å². The summed E-state index contributed by atoms with van der Waals surface area (Å²) in [5, 5.41) is 8.80. The second-order valence-corrected chi connectivity index (χ2v) is 4.66. The molecule has 1 rings (SSSR count). The quantitative estimate of drug-likeness (QED) is 0.842. The molecule has 0 aromatic carbocycles. The monoisotopic (exact) mass is 238 g/mol. The molecule has 0 fully saturated rings. The molecule has 0 amide bonds. The molecule has 1 N–H and O–H groups in total. The number of aromatic nitrogens is 1. The van der Waals surface area contributed by atoms with Gasteiger partial charge in [0, 0.05) is 11.6 Å². The molecule has 94 valence electrons. The van der Waals surface area contributed by atoms with Crippen LogP contribution in [-0.4, -0.2) is 47.2 Å². The molecule has 0 radical (unpaired) electrons. The van der Waals surface area contributed by atoms with Crippen LogP contribution >= 0.6 is 0 Å². The second-order valence-electron chi connectivity index (χ2n) is 4.66. The number of aromatic carboxylic acids is 1. The third-order valence-electron chi connectivity index (χ3n) is 2.73. The van der Waals surface area contributed by atoms with E-state index < -0.39 is 5.97 Å². The lowest BCUT2D eigenvalue weighted by Crippen LogP contribution is -2.43. The molecule has 5 heteroatoms. The summed E-state index contributed by atoms with van der Waals surface area (Å²) in [4.78, 5) is 16.7. The van der Waals surface area contributed by atoms with Crippen LogP contribution in [0.3, 0.4) is 0 Å². The first-order valence-electron chi connectivity index (χ1n) is 5.33. The van der Waals surface area contributed by atoms with Crippen LogP contribution in [0.1, 0.15) is 24.3 Å². The number of nitrogens with zero attached hydrogens (tertiary/aromatic N) is 2. The van der Waals surface area contributed by atoms with Gasteiger partial charge in [-0.05, 0) is 34.0 Å². The third kappa shape index (κ3) is 3.71. The highest BCUT2D eigenvalue weighted by atomic mass is 16.5. The van der Waals surface area contributed by atoms with Gasteiger partial charge in [0.15, 0.2) is 5.69 Å². The summed E-state index contributed by atoms with van der Waals surface area (Å²) in [6.07, 6.45) is 0. The average Bonchev–Trinajstić information content (AvgIpc) is 2.26. The van der Waals surface area contributed by atoms with E-state index in [2.05, 4.69) is 4.98 Å². The van der Waals surface area contributed by atoms with Crippen molar-refractivity contribution < 1.29 is 14.6 Å². The van der Waals surface area contributed by atoms with Crippen molar-refractivity contribution in [3.63, 3.8) is 0 Å². The number of carboxylic acids is 1. The van der Waals surface area contributed by atoms with E-state index in [0.29, 0.717) is 12.5 Å². The van der Waals surface area contributed by atoms with Crippen molar-refractivity contribution in [2.24, 2.45) is 0 Å². The maximum absolute atomic E-state index is 10.7. The standard InChI is InChI=1S/C12H18N2O3/c1-12(2,14(3)4)8-17-10-7-5-6-9(13-10)11(15)16/h5-7H,8H2,1-4H3,(H,15,16). The summed E-state index contributed by atoms with van der Waals surface area (Å²) in [5.74, 6) is -0.720. The molecule has 1 aromatic heterocycles. The van der Waals surface area contributed by atoms with E-state index in [1.807, 2.05) is 32.8 Å². The summed E-state index contributed by atoms with van der Waals surface area (Å²) in [5.41, 5.74) is -0.147. The fourth-order valence-corrected chi connectivity index (χ4v) is 0.994. The van der Waals surface area contributed by atoms with Crippen LogP contribution in [0.2, 0.25) is 0 Å². The van der Waals surface area contributed by atoms with E-state index in [0.717, 1.165) is 0 Å². The summed E-state index contributed by atoms with van der Waals surface area (Å²) in [7, 11) is 3.93. The van der Waals surface area contributed by atoms with Crippen molar-refractivity contribution >= 4 is 5.97 Å². The average molecular weight is 238 g/mol. The molecule has 0 bridgehead atoms. The number of hydrogen-bond donors (Lipinski definition) is 1. The zero-order valence-corrected chi connectivity index (χ0v) is 10.6. The Kier molecular flexibility index (Phi) is 4.07. The Balaban J connectivity index is 2.70. The minimum atomic E-state index is -1.05. The zero-order chi connectivity index (χ0) is 13.1. The maximum Gasteiger partial charge on any atom is 0.354 e. The van der Waals surface area contributed by atoms with Gasteiger partial charge < -0.3 is 14.7 Å². The van der Waals surface area contributed by atoms with Gasteiger partial charge in [0.05, 0.1) is 0 Å². The first-order chi connectivity index (χ1) is 7.83. The first-order valence-corrected chi connectivity index (χ1v) is 5.33. The smallest absolute Gasteiger partial charge is 0.354 e. The SMILES string of the molecule is CN(C)C(C)(C)COc1cccc(C(=O)O)n1. The number of hydrogen-bond acceptors (Lipinski definition) is 4. The highest BCUT2D eigenvalue weighted by Crippen LogP contribution is 2.14. The highest BCUT2D eigenvalue weighted by molar-refractivity contribution is 5.85. The fraction of sp³-hybridized carbons (Fsp3) is 0.500. The van der Waals surface area contributed by atoms with Gasteiger partial charge in [0.1, 0.15) is 6.61 Å². The van der Waals surface area contributed by atoms with Crippen molar-refractivity contribution in [3.8, 4) is 5.88 Å². The summed E-state index contributed by atoms with van der Waals surface area (Å²) in [6, 6.07) is 4.71. The Hall–Kier alpha value is -1.62. The molecule has 1 aromatic rings. The van der Waals surface area contributed by atoms with Crippen molar-refractivity contribution in [3.05, 3.63) is 23.9 Å². The van der Waals surface area contributed by atoms with Crippen molar-refractivity contribution in [1.82, 2.24) is 9.88 Å². The lowest BCUT2D eigenvalue weighted by atomic mass is 10.1. The van der Waals surface area contributed by atoms with Crippen molar-refractivity contribution in [2.75, 3.05) is 20.7 Å². The van der Waals surface area contributed by atoms with E-state index in [1.54, 1.807) is 12.1 Å². The van der Waals surface area contributed by atoms with Gasteiger partial charge in [0.25, 0.3) is 0 Å². The number of carbonyl (C=O) groups is 1. The molecule has 0 unspecified atom stereocenters. The summed E-state index contributed by atoms with van der Waals surface area (Å²) < 4.78 is 5.51. The number of pyridine rings is 1. The molecule has 0 saturated heterocycles. The second kappa shape index (κ2) is 5.14. The molecule has 0 aliphatic heterocycles. The predicted octanol–water partition coefficient (Wildman–Crippen LogP) is 1.50. The van der Waals surface area contributed by atoms with Gasteiger partial charge in [0.2, 0.25) is 5.88 Å². The summed E-state index contributed by atoms with van der Waals surface area (Å²) >= 11 is 0. The Morgan fingerprint density at radius 1 is 1.47 bits per heavy atom. The molecule has 0 saturated carbocycles. The third-order valence-corrected chi connectivity index (χ3v) is 2.73. The maximum atomic E-state index is 10.7. The topological polar surface area (TPSA) is 62.7 Å². The van der Waals surface area contributed by atoms with Crippen LogP contribution in [-0.2, 0) is 0 Å². The molecule has 0 aliphatic carbocycles. The number of ether oxygens (including phenoxy) is 1. The molecular formula is C12H18N2O3. The predicted molar refractivity (Wildman–Crippen MR) is 64.5 cm³/mol. The Morgan fingerprint density at radius 3 is 2.65 bits per heavy atom. The molecule has 5 nitrogen and oxygen atoms in total. The van der Waals surface area contributed by atoms with Gasteiger partial charge in [-0.2, -0.15) is 0 Å². The summed E-state index contributed by atoms with van der Waals surface area (Å²) in [6.45, 7) is 4.51. The Morgan fingerprint density at radius 2 is 2.12 bits per heavy atom. The van der Waals surface area contributed by atoms with Gasteiger partial charge in [-0.25, -0.2) is 9.78 Å². The Labute approximate surface area is 101 Å². The molecule has 0 spiro atoms. The normalized spacial score (nSPS) is 11.6. The minimum Gasteiger partial charge on any atom is -0.477 e. The van der Waals surface area contributed by atoms with Gasteiger partial charge >= 0.3 is 5.97 Å². The van der Waals surface area contributed by atoms with E-state index in [4.69, 9.17) is 9.84 Å². The largest absolute Gasteiger partial charge is 0.477 e. The lowest BCUT2D eigenvalue weighted by molar-refractivity contribution is 0.0687. The fourth-order valence-electron chi connectivity index (χ4n) is 0.994. The molecule has 0 aliphatic rings. The number of likely N-dealkylation sites (N-methyl/N-ethyl adjacent to an activating group) is 1.